The van der Waals surface area contributed by atoms with E-state index in [4.69, 9.17) is 0 Å². The number of esters is 1. The number of aromatic nitrogens is 2. The van der Waals surface area contributed by atoms with E-state index in [9.17, 15) is 4.79 Å². The number of nitrogens with one attached hydrogen (secondary N) is 1. The quantitative estimate of drug-likeness (QED) is 0.549. The molecule has 4 nitrogen and oxygen atoms in total. The average molecular weight is 180 g/mol. The third kappa shape index (κ3) is 2.18. The van der Waals surface area contributed by atoms with Crippen molar-refractivity contribution in [3.05, 3.63) is 23.0 Å². The lowest BCUT2D eigenvalue weighted by molar-refractivity contribution is -0.134. The van der Waals surface area contributed by atoms with Gasteiger partial charge in [0.25, 0.3) is 0 Å². The van der Waals surface area contributed by atoms with Gasteiger partial charge in [-0.25, -0.2) is 4.79 Å². The highest BCUT2D eigenvalue weighted by Gasteiger charge is 2.02. The van der Waals surface area contributed by atoms with E-state index in [1.54, 1.807) is 6.08 Å². The fraction of sp³-hybridized carbons (Fsp3) is 0.333. The molecule has 0 fully saturated rings. The molecule has 0 amide bonds. The summed E-state index contributed by atoms with van der Waals surface area (Å²) in [5.74, 6) is -0.361. The van der Waals surface area contributed by atoms with E-state index in [0.29, 0.717) is 0 Å². The molecule has 1 N–H and O–H groups in total. The maximum absolute atomic E-state index is 10.8. The SMILES string of the molecule is COC(=O)/C=C/c1c(C)n[nH]c1C. The molecule has 0 unspecified atom stereocenters. The Balaban J connectivity index is 2.85. The zero-order chi connectivity index (χ0) is 9.84. The summed E-state index contributed by atoms with van der Waals surface area (Å²) in [4.78, 5) is 10.8. The molecule has 70 valence electrons. The molecular weight excluding hydrogens is 168 g/mol. The van der Waals surface area contributed by atoms with Crippen LogP contribution in [0.4, 0.5) is 0 Å². The number of aryl methyl sites for hydroxylation is 2. The van der Waals surface area contributed by atoms with E-state index >= 15 is 0 Å². The van der Waals surface area contributed by atoms with Gasteiger partial charge in [-0.15, -0.1) is 0 Å². The van der Waals surface area contributed by atoms with Crippen LogP contribution in [-0.4, -0.2) is 23.3 Å². The van der Waals surface area contributed by atoms with E-state index in [0.717, 1.165) is 17.0 Å². The van der Waals surface area contributed by atoms with Crippen LogP contribution >= 0.6 is 0 Å². The molecule has 13 heavy (non-hydrogen) atoms. The molecule has 0 aliphatic carbocycles. The van der Waals surface area contributed by atoms with E-state index in [-0.39, 0.29) is 5.97 Å². The third-order valence-corrected chi connectivity index (χ3v) is 1.77. The van der Waals surface area contributed by atoms with Gasteiger partial charge in [-0.2, -0.15) is 5.10 Å². The first-order valence-corrected chi connectivity index (χ1v) is 3.92. The Bertz CT molecular complexity index is 320. The summed E-state index contributed by atoms with van der Waals surface area (Å²) in [6.45, 7) is 3.78. The van der Waals surface area contributed by atoms with Crippen LogP contribution in [0.2, 0.25) is 0 Å². The molecule has 0 radical (unpaired) electrons. The number of carbonyl (C=O) groups excluding carboxylic acids is 1. The minimum atomic E-state index is -0.361. The Morgan fingerprint density at radius 1 is 1.54 bits per heavy atom. The monoisotopic (exact) mass is 180 g/mol. The van der Waals surface area contributed by atoms with Crippen LogP contribution < -0.4 is 0 Å². The molecule has 1 aromatic heterocycles. The van der Waals surface area contributed by atoms with E-state index in [1.165, 1.54) is 13.2 Å². The summed E-state index contributed by atoms with van der Waals surface area (Å²) < 4.78 is 4.47. The maximum Gasteiger partial charge on any atom is 0.330 e. The summed E-state index contributed by atoms with van der Waals surface area (Å²) in [6.07, 6.45) is 3.07. The Labute approximate surface area is 76.6 Å². The Morgan fingerprint density at radius 2 is 2.23 bits per heavy atom. The summed E-state index contributed by atoms with van der Waals surface area (Å²) in [6, 6.07) is 0. The highest BCUT2D eigenvalue weighted by Crippen LogP contribution is 2.10. The van der Waals surface area contributed by atoms with Crippen molar-refractivity contribution in [3.8, 4) is 0 Å². The van der Waals surface area contributed by atoms with E-state index in [1.807, 2.05) is 13.8 Å². The number of carbonyl (C=O) groups is 1. The zero-order valence-corrected chi connectivity index (χ0v) is 7.92. The molecule has 4 heteroatoms. The summed E-state index contributed by atoms with van der Waals surface area (Å²) in [5, 5.41) is 6.82. The van der Waals surface area contributed by atoms with Gasteiger partial charge in [-0.1, -0.05) is 0 Å². The molecule has 0 atom stereocenters. The number of hydrogen-bond acceptors (Lipinski definition) is 3. The van der Waals surface area contributed by atoms with Gasteiger partial charge < -0.3 is 4.74 Å². The number of H-pyrrole nitrogens is 1. The maximum atomic E-state index is 10.8. The third-order valence-electron chi connectivity index (χ3n) is 1.77. The second kappa shape index (κ2) is 3.89. The van der Waals surface area contributed by atoms with Crippen molar-refractivity contribution >= 4 is 12.0 Å². The number of nitrogens with zero attached hydrogens (tertiary/aromatic N) is 1. The van der Waals surface area contributed by atoms with Crippen molar-refractivity contribution in [2.24, 2.45) is 0 Å². The lowest BCUT2D eigenvalue weighted by atomic mass is 10.2. The number of aromatic amines is 1. The predicted octanol–water partition coefficient (Wildman–Crippen LogP) is 1.21. The van der Waals surface area contributed by atoms with Crippen molar-refractivity contribution in [2.75, 3.05) is 7.11 Å². The van der Waals surface area contributed by atoms with Gasteiger partial charge in [-0.3, -0.25) is 5.10 Å². The van der Waals surface area contributed by atoms with Crippen LogP contribution in [0, 0.1) is 13.8 Å². The van der Waals surface area contributed by atoms with Crippen LogP contribution in [-0.2, 0) is 9.53 Å². The van der Waals surface area contributed by atoms with Crippen molar-refractivity contribution in [1.82, 2.24) is 10.2 Å². The van der Waals surface area contributed by atoms with Gasteiger partial charge in [0.05, 0.1) is 12.8 Å². The standard InChI is InChI=1S/C9H12N2O2/c1-6-8(7(2)11-10-6)4-5-9(12)13-3/h4-5H,1-3H3,(H,10,11)/b5-4+. The van der Waals surface area contributed by atoms with Crippen molar-refractivity contribution < 1.29 is 9.53 Å². The second-order valence-electron chi connectivity index (χ2n) is 2.70. The largest absolute Gasteiger partial charge is 0.466 e. The van der Waals surface area contributed by atoms with Crippen LogP contribution in [0.3, 0.4) is 0 Å². The minimum Gasteiger partial charge on any atom is -0.466 e. The Kier molecular flexibility index (Phi) is 2.84. The highest BCUT2D eigenvalue weighted by molar-refractivity contribution is 5.87. The molecule has 0 saturated carbocycles. The lowest BCUT2D eigenvalue weighted by Crippen LogP contribution is -1.93. The molecule has 0 bridgehead atoms. The first-order valence-electron chi connectivity index (χ1n) is 3.92. The zero-order valence-electron chi connectivity index (χ0n) is 7.92. The topological polar surface area (TPSA) is 55.0 Å². The molecular formula is C9H12N2O2. The van der Waals surface area contributed by atoms with Gasteiger partial charge >= 0.3 is 5.97 Å². The molecule has 0 aliphatic rings. The van der Waals surface area contributed by atoms with E-state index < -0.39 is 0 Å². The molecule has 1 aromatic rings. The van der Waals surface area contributed by atoms with Crippen molar-refractivity contribution in [1.29, 1.82) is 0 Å². The van der Waals surface area contributed by atoms with Gasteiger partial charge in [0.2, 0.25) is 0 Å². The van der Waals surface area contributed by atoms with Crippen LogP contribution in [0.5, 0.6) is 0 Å². The molecule has 0 aliphatic heterocycles. The van der Waals surface area contributed by atoms with Crippen LogP contribution in [0.1, 0.15) is 17.0 Å². The normalized spacial score (nSPS) is 10.7. The highest BCUT2D eigenvalue weighted by atomic mass is 16.5. The predicted molar refractivity (Wildman–Crippen MR) is 49.1 cm³/mol. The van der Waals surface area contributed by atoms with E-state index in [2.05, 4.69) is 14.9 Å². The molecule has 0 aromatic carbocycles. The first kappa shape index (κ1) is 9.51. The molecule has 0 spiro atoms. The fourth-order valence-corrected chi connectivity index (χ4v) is 1.02. The second-order valence-corrected chi connectivity index (χ2v) is 2.70. The van der Waals surface area contributed by atoms with Crippen molar-refractivity contribution in [2.45, 2.75) is 13.8 Å². The van der Waals surface area contributed by atoms with Gasteiger partial charge in [0.1, 0.15) is 0 Å². The summed E-state index contributed by atoms with van der Waals surface area (Å²) in [7, 11) is 1.35. The molecule has 1 heterocycles. The number of methoxy groups -OCH3 is 1. The number of hydrogen-bond donors (Lipinski definition) is 1. The van der Waals surface area contributed by atoms with Gasteiger partial charge in [0.15, 0.2) is 0 Å². The smallest absolute Gasteiger partial charge is 0.330 e. The van der Waals surface area contributed by atoms with Crippen LogP contribution in [0.15, 0.2) is 6.08 Å². The van der Waals surface area contributed by atoms with Gasteiger partial charge in [0, 0.05) is 17.3 Å². The molecule has 0 saturated heterocycles. The van der Waals surface area contributed by atoms with Crippen molar-refractivity contribution in [3.63, 3.8) is 0 Å². The summed E-state index contributed by atoms with van der Waals surface area (Å²) >= 11 is 0. The molecule has 1 rings (SSSR count). The number of rotatable bonds is 2. The Hall–Kier alpha value is -1.58. The lowest BCUT2D eigenvalue weighted by Gasteiger charge is -1.91. The minimum absolute atomic E-state index is 0.361. The van der Waals surface area contributed by atoms with Crippen LogP contribution in [0.25, 0.3) is 6.08 Å². The first-order chi connectivity index (χ1) is 6.15. The summed E-state index contributed by atoms with van der Waals surface area (Å²) in [5.41, 5.74) is 2.75. The Morgan fingerprint density at radius 3 is 2.69 bits per heavy atom. The average Bonchev–Trinajstić information content (AvgIpc) is 2.43. The van der Waals surface area contributed by atoms with Gasteiger partial charge in [-0.05, 0) is 19.9 Å². The number of ether oxygens (including phenoxy) is 1. The fourth-order valence-electron chi connectivity index (χ4n) is 1.02.